The van der Waals surface area contributed by atoms with E-state index in [1.54, 1.807) is 6.33 Å². The summed E-state index contributed by atoms with van der Waals surface area (Å²) in [5, 5.41) is 3.37. The van der Waals surface area contributed by atoms with Gasteiger partial charge in [-0.2, -0.15) is 0 Å². The van der Waals surface area contributed by atoms with Crippen molar-refractivity contribution in [2.45, 2.75) is 25.8 Å². The van der Waals surface area contributed by atoms with E-state index in [-0.39, 0.29) is 6.04 Å². The Kier molecular flexibility index (Phi) is 4.84. The molecule has 1 atom stereocenters. The highest BCUT2D eigenvalue weighted by Gasteiger charge is 2.15. The molecule has 2 aromatic rings. The van der Waals surface area contributed by atoms with Crippen LogP contribution in [0.15, 0.2) is 30.7 Å². The van der Waals surface area contributed by atoms with Gasteiger partial charge in [-0.1, -0.05) is 6.92 Å². The van der Waals surface area contributed by atoms with Crippen molar-refractivity contribution in [3.05, 3.63) is 53.6 Å². The molecule has 0 fully saturated rings. The molecule has 0 aliphatic rings. The van der Waals surface area contributed by atoms with Crippen LogP contribution in [0.4, 0.5) is 8.78 Å². The molecule has 0 saturated heterocycles. The van der Waals surface area contributed by atoms with Crippen LogP contribution in [-0.4, -0.2) is 16.1 Å². The standard InChI is InChI=1S/C15H19F2N3/c1-3-4-18-14(15-9-20(2)10-19-15)7-11-5-12(16)8-13(17)6-11/h5-6,8-10,14,18H,3-4,7H2,1-2H3. The molecule has 1 heterocycles. The lowest BCUT2D eigenvalue weighted by Gasteiger charge is -2.16. The Morgan fingerprint density at radius 3 is 2.50 bits per heavy atom. The maximum atomic E-state index is 13.3. The Bertz CT molecular complexity index is 546. The van der Waals surface area contributed by atoms with Gasteiger partial charge in [0.05, 0.1) is 18.1 Å². The van der Waals surface area contributed by atoms with E-state index in [1.165, 1.54) is 12.1 Å². The summed E-state index contributed by atoms with van der Waals surface area (Å²) in [6.07, 6.45) is 5.14. The fourth-order valence-corrected chi connectivity index (χ4v) is 2.18. The second-order valence-corrected chi connectivity index (χ2v) is 4.95. The molecular weight excluding hydrogens is 260 g/mol. The van der Waals surface area contributed by atoms with Crippen molar-refractivity contribution in [2.24, 2.45) is 7.05 Å². The normalized spacial score (nSPS) is 12.6. The van der Waals surface area contributed by atoms with Gasteiger partial charge in [-0.25, -0.2) is 13.8 Å². The van der Waals surface area contributed by atoms with Crippen molar-refractivity contribution in [1.82, 2.24) is 14.9 Å². The predicted octanol–water partition coefficient (Wildman–Crippen LogP) is 2.98. The molecule has 1 aromatic carbocycles. The van der Waals surface area contributed by atoms with Crippen molar-refractivity contribution >= 4 is 0 Å². The topological polar surface area (TPSA) is 29.9 Å². The SMILES string of the molecule is CCCNC(Cc1cc(F)cc(F)c1)c1cn(C)cn1. The van der Waals surface area contributed by atoms with Crippen LogP contribution in [0.3, 0.4) is 0 Å². The Morgan fingerprint density at radius 2 is 1.95 bits per heavy atom. The Labute approximate surface area is 117 Å². The van der Waals surface area contributed by atoms with Crippen molar-refractivity contribution in [3.63, 3.8) is 0 Å². The number of benzene rings is 1. The fraction of sp³-hybridized carbons (Fsp3) is 0.400. The Hall–Kier alpha value is -1.75. The van der Waals surface area contributed by atoms with E-state index in [2.05, 4.69) is 17.2 Å². The number of nitrogens with one attached hydrogen (secondary N) is 1. The first-order valence-corrected chi connectivity index (χ1v) is 6.74. The van der Waals surface area contributed by atoms with Crippen LogP contribution in [0.1, 0.15) is 30.6 Å². The van der Waals surface area contributed by atoms with Gasteiger partial charge in [-0.3, -0.25) is 0 Å². The van der Waals surface area contributed by atoms with Gasteiger partial charge in [-0.05, 0) is 37.1 Å². The molecule has 1 N–H and O–H groups in total. The number of imidazole rings is 1. The molecule has 0 amide bonds. The number of nitrogens with zero attached hydrogens (tertiary/aromatic N) is 2. The molecule has 2 rings (SSSR count). The average Bonchev–Trinajstić information content (AvgIpc) is 2.80. The summed E-state index contributed by atoms with van der Waals surface area (Å²) < 4.78 is 28.4. The van der Waals surface area contributed by atoms with Crippen LogP contribution < -0.4 is 5.32 Å². The molecule has 1 unspecified atom stereocenters. The van der Waals surface area contributed by atoms with Crippen LogP contribution in [0.25, 0.3) is 0 Å². The minimum Gasteiger partial charge on any atom is -0.340 e. The number of hydrogen-bond donors (Lipinski definition) is 1. The van der Waals surface area contributed by atoms with Crippen LogP contribution in [0.2, 0.25) is 0 Å². The molecule has 20 heavy (non-hydrogen) atoms. The van der Waals surface area contributed by atoms with Gasteiger partial charge < -0.3 is 9.88 Å². The number of aromatic nitrogens is 2. The first-order chi connectivity index (χ1) is 9.58. The monoisotopic (exact) mass is 279 g/mol. The number of halogens is 2. The van der Waals surface area contributed by atoms with Crippen molar-refractivity contribution in [3.8, 4) is 0 Å². The van der Waals surface area contributed by atoms with Gasteiger partial charge in [-0.15, -0.1) is 0 Å². The number of hydrogen-bond acceptors (Lipinski definition) is 2. The lowest BCUT2D eigenvalue weighted by Crippen LogP contribution is -2.24. The second kappa shape index (κ2) is 6.61. The third kappa shape index (κ3) is 3.87. The first-order valence-electron chi connectivity index (χ1n) is 6.74. The minimum absolute atomic E-state index is 0.0441. The molecule has 0 aliphatic heterocycles. The van der Waals surface area contributed by atoms with Crippen LogP contribution in [-0.2, 0) is 13.5 Å². The third-order valence-corrected chi connectivity index (χ3v) is 3.08. The van der Waals surface area contributed by atoms with Crippen LogP contribution in [0, 0.1) is 11.6 Å². The molecular formula is C15H19F2N3. The van der Waals surface area contributed by atoms with Gasteiger partial charge in [0.2, 0.25) is 0 Å². The summed E-state index contributed by atoms with van der Waals surface area (Å²) in [7, 11) is 1.90. The highest BCUT2D eigenvalue weighted by Crippen LogP contribution is 2.18. The summed E-state index contributed by atoms with van der Waals surface area (Å²) >= 11 is 0. The maximum absolute atomic E-state index is 13.3. The Morgan fingerprint density at radius 1 is 1.25 bits per heavy atom. The minimum atomic E-state index is -0.546. The zero-order valence-electron chi connectivity index (χ0n) is 11.7. The zero-order chi connectivity index (χ0) is 14.5. The molecule has 3 nitrogen and oxygen atoms in total. The van der Waals surface area contributed by atoms with E-state index in [4.69, 9.17) is 0 Å². The Balaban J connectivity index is 2.18. The fourth-order valence-electron chi connectivity index (χ4n) is 2.18. The van der Waals surface area contributed by atoms with Crippen LogP contribution >= 0.6 is 0 Å². The summed E-state index contributed by atoms with van der Waals surface area (Å²) in [5.74, 6) is -1.09. The van der Waals surface area contributed by atoms with E-state index in [1.807, 2.05) is 17.8 Å². The average molecular weight is 279 g/mol. The lowest BCUT2D eigenvalue weighted by atomic mass is 10.0. The molecule has 0 bridgehead atoms. The smallest absolute Gasteiger partial charge is 0.126 e. The third-order valence-electron chi connectivity index (χ3n) is 3.08. The van der Waals surface area contributed by atoms with Gasteiger partial charge in [0.25, 0.3) is 0 Å². The second-order valence-electron chi connectivity index (χ2n) is 4.95. The van der Waals surface area contributed by atoms with E-state index in [9.17, 15) is 8.78 Å². The molecule has 0 radical (unpaired) electrons. The first kappa shape index (κ1) is 14.7. The molecule has 0 spiro atoms. The maximum Gasteiger partial charge on any atom is 0.126 e. The number of aryl methyl sites for hydroxylation is 1. The number of rotatable bonds is 6. The van der Waals surface area contributed by atoms with Crippen molar-refractivity contribution < 1.29 is 8.78 Å². The van der Waals surface area contributed by atoms with Gasteiger partial charge in [0.15, 0.2) is 0 Å². The van der Waals surface area contributed by atoms with Gasteiger partial charge in [0.1, 0.15) is 11.6 Å². The summed E-state index contributed by atoms with van der Waals surface area (Å²) in [5.41, 5.74) is 1.51. The summed E-state index contributed by atoms with van der Waals surface area (Å²) in [4.78, 5) is 4.32. The summed E-state index contributed by atoms with van der Waals surface area (Å²) in [6, 6.07) is 3.58. The van der Waals surface area contributed by atoms with Crippen LogP contribution in [0.5, 0.6) is 0 Å². The molecule has 0 aliphatic carbocycles. The lowest BCUT2D eigenvalue weighted by molar-refractivity contribution is 0.513. The van der Waals surface area contributed by atoms with Gasteiger partial charge >= 0.3 is 0 Å². The van der Waals surface area contributed by atoms with E-state index < -0.39 is 11.6 Å². The molecule has 5 heteroatoms. The van der Waals surface area contributed by atoms with Gasteiger partial charge in [0, 0.05) is 19.3 Å². The van der Waals surface area contributed by atoms with Crippen molar-refractivity contribution in [2.75, 3.05) is 6.54 Å². The molecule has 0 saturated carbocycles. The predicted molar refractivity (Wildman–Crippen MR) is 74.3 cm³/mol. The molecule has 1 aromatic heterocycles. The van der Waals surface area contributed by atoms with E-state index >= 15 is 0 Å². The zero-order valence-corrected chi connectivity index (χ0v) is 11.7. The van der Waals surface area contributed by atoms with E-state index in [0.29, 0.717) is 12.0 Å². The van der Waals surface area contributed by atoms with Crippen molar-refractivity contribution in [1.29, 1.82) is 0 Å². The van der Waals surface area contributed by atoms with E-state index in [0.717, 1.165) is 24.7 Å². The highest BCUT2D eigenvalue weighted by molar-refractivity contribution is 5.21. The largest absolute Gasteiger partial charge is 0.340 e. The highest BCUT2D eigenvalue weighted by atomic mass is 19.1. The molecule has 108 valence electrons. The summed E-state index contributed by atoms with van der Waals surface area (Å²) in [6.45, 7) is 2.91. The quantitative estimate of drug-likeness (QED) is 0.881.